The zero-order valence-corrected chi connectivity index (χ0v) is 17.7. The highest BCUT2D eigenvalue weighted by Gasteiger charge is 2.22. The minimum Gasteiger partial charge on any atom is -0.372 e. The van der Waals surface area contributed by atoms with E-state index in [1.165, 1.54) is 17.7 Å². The highest BCUT2D eigenvalue weighted by atomic mass is 16.5. The Labute approximate surface area is 168 Å². The Bertz CT molecular complexity index is 831. The van der Waals surface area contributed by atoms with E-state index < -0.39 is 0 Å². The molecule has 0 radical (unpaired) electrons. The fourth-order valence-corrected chi connectivity index (χ4v) is 3.59. The molecule has 3 aromatic rings. The van der Waals surface area contributed by atoms with E-state index in [2.05, 4.69) is 79.9 Å². The van der Waals surface area contributed by atoms with Crippen LogP contribution in [0.25, 0.3) is 5.65 Å². The summed E-state index contributed by atoms with van der Waals surface area (Å²) in [6, 6.07) is 12.8. The van der Waals surface area contributed by atoms with Crippen molar-refractivity contribution in [1.29, 1.82) is 0 Å². The normalized spacial score (nSPS) is 20.5. The fourth-order valence-electron chi connectivity index (χ4n) is 3.59. The molecule has 1 aliphatic rings. The molecule has 0 spiro atoms. The zero-order valence-electron chi connectivity index (χ0n) is 17.7. The van der Waals surface area contributed by atoms with Gasteiger partial charge in [-0.05, 0) is 37.6 Å². The number of hydrogen-bond donors (Lipinski definition) is 0. The summed E-state index contributed by atoms with van der Waals surface area (Å²) in [5, 5.41) is 4.65. The lowest BCUT2D eigenvalue weighted by Crippen LogP contribution is -2.45. The fraction of sp³-hybridized carbons (Fsp3) is 0.478. The van der Waals surface area contributed by atoms with Gasteiger partial charge in [0.1, 0.15) is 0 Å². The van der Waals surface area contributed by atoms with Crippen LogP contribution in [0.1, 0.15) is 58.2 Å². The third-order valence-electron chi connectivity index (χ3n) is 4.88. The standard InChI is InChI=1S/C20H24N4O.C3H8/c1-14-12-23(13-15(2)25-14)18-7-5-17(6-8-18)16(3)19-11-20-21-9-4-10-24(20)22-19;1-3-2/h4-11,14-16H,12-13H2,1-3H3;3H2,1-2H3. The van der Waals surface area contributed by atoms with Crippen molar-refractivity contribution >= 4 is 11.3 Å². The van der Waals surface area contributed by atoms with Crippen molar-refractivity contribution in [3.05, 3.63) is 60.0 Å². The molecule has 0 N–H and O–H groups in total. The molecule has 28 heavy (non-hydrogen) atoms. The quantitative estimate of drug-likeness (QED) is 0.647. The van der Waals surface area contributed by atoms with Crippen molar-refractivity contribution < 1.29 is 4.74 Å². The predicted molar refractivity (Wildman–Crippen MR) is 115 cm³/mol. The van der Waals surface area contributed by atoms with Gasteiger partial charge in [0.25, 0.3) is 0 Å². The molecule has 3 atom stereocenters. The van der Waals surface area contributed by atoms with Gasteiger partial charge in [0, 0.05) is 43.2 Å². The maximum Gasteiger partial charge on any atom is 0.155 e. The van der Waals surface area contributed by atoms with Gasteiger partial charge in [0.2, 0.25) is 0 Å². The first kappa shape index (κ1) is 20.3. The molecular formula is C23H32N4O. The number of anilines is 1. The Morgan fingerprint density at radius 3 is 2.36 bits per heavy atom. The van der Waals surface area contributed by atoms with Crippen LogP contribution in [0, 0.1) is 0 Å². The van der Waals surface area contributed by atoms with Crippen LogP contribution in [0.15, 0.2) is 48.8 Å². The average Bonchev–Trinajstić information content (AvgIpc) is 3.12. The van der Waals surface area contributed by atoms with Crippen LogP contribution < -0.4 is 4.90 Å². The Balaban J connectivity index is 0.000000706. The SMILES string of the molecule is CC1CN(c2ccc(C(C)c3cc4ncccn4n3)cc2)CC(C)O1.CCC. The van der Waals surface area contributed by atoms with E-state index >= 15 is 0 Å². The van der Waals surface area contributed by atoms with Crippen LogP contribution in [-0.2, 0) is 4.74 Å². The van der Waals surface area contributed by atoms with Gasteiger partial charge in [0.15, 0.2) is 5.65 Å². The third kappa shape index (κ3) is 4.71. The monoisotopic (exact) mass is 380 g/mol. The first-order valence-corrected chi connectivity index (χ1v) is 10.3. The third-order valence-corrected chi connectivity index (χ3v) is 4.88. The summed E-state index contributed by atoms with van der Waals surface area (Å²) in [6.45, 7) is 12.6. The minimum absolute atomic E-state index is 0.235. The number of hydrogen-bond acceptors (Lipinski definition) is 4. The first-order valence-electron chi connectivity index (χ1n) is 10.3. The molecule has 3 unspecified atom stereocenters. The molecule has 0 amide bonds. The van der Waals surface area contributed by atoms with Crippen LogP contribution in [-0.4, -0.2) is 39.9 Å². The molecule has 1 saturated heterocycles. The molecule has 0 bridgehead atoms. The van der Waals surface area contributed by atoms with E-state index in [0.29, 0.717) is 0 Å². The molecule has 4 rings (SSSR count). The Kier molecular flexibility index (Phi) is 6.68. The molecule has 1 fully saturated rings. The molecule has 5 nitrogen and oxygen atoms in total. The maximum atomic E-state index is 5.83. The Hall–Kier alpha value is -2.40. The van der Waals surface area contributed by atoms with E-state index in [0.717, 1.165) is 24.4 Å². The molecule has 2 aromatic heterocycles. The number of fused-ring (bicyclic) bond motifs is 1. The van der Waals surface area contributed by atoms with Gasteiger partial charge in [-0.2, -0.15) is 5.10 Å². The lowest BCUT2D eigenvalue weighted by Gasteiger charge is -2.37. The summed E-state index contributed by atoms with van der Waals surface area (Å²) in [6.07, 6.45) is 5.52. The number of benzene rings is 1. The van der Waals surface area contributed by atoms with Gasteiger partial charge in [-0.1, -0.05) is 39.3 Å². The second-order valence-electron chi connectivity index (χ2n) is 7.67. The minimum atomic E-state index is 0.235. The smallest absolute Gasteiger partial charge is 0.155 e. The summed E-state index contributed by atoms with van der Waals surface area (Å²) in [5.74, 6) is 0.235. The predicted octanol–water partition coefficient (Wildman–Crippen LogP) is 4.91. The molecule has 1 aromatic carbocycles. The summed E-state index contributed by atoms with van der Waals surface area (Å²) in [4.78, 5) is 6.75. The van der Waals surface area contributed by atoms with Crippen LogP contribution in [0.5, 0.6) is 0 Å². The van der Waals surface area contributed by atoms with Gasteiger partial charge >= 0.3 is 0 Å². The summed E-state index contributed by atoms with van der Waals surface area (Å²) in [7, 11) is 0. The summed E-state index contributed by atoms with van der Waals surface area (Å²) in [5.41, 5.74) is 4.45. The summed E-state index contributed by atoms with van der Waals surface area (Å²) >= 11 is 0. The zero-order chi connectivity index (χ0) is 20.1. The molecular weight excluding hydrogens is 348 g/mol. The maximum absolute atomic E-state index is 5.83. The van der Waals surface area contributed by atoms with Gasteiger partial charge in [0.05, 0.1) is 17.9 Å². The molecule has 5 heteroatoms. The second-order valence-corrected chi connectivity index (χ2v) is 7.67. The summed E-state index contributed by atoms with van der Waals surface area (Å²) < 4.78 is 7.66. The molecule has 0 aliphatic carbocycles. The molecule has 0 saturated carbocycles. The largest absolute Gasteiger partial charge is 0.372 e. The van der Waals surface area contributed by atoms with Crippen LogP contribution in [0.2, 0.25) is 0 Å². The van der Waals surface area contributed by atoms with Crippen LogP contribution >= 0.6 is 0 Å². The van der Waals surface area contributed by atoms with E-state index in [1.807, 2.05) is 16.8 Å². The van der Waals surface area contributed by atoms with Gasteiger partial charge < -0.3 is 9.64 Å². The van der Waals surface area contributed by atoms with E-state index in [-0.39, 0.29) is 18.1 Å². The lowest BCUT2D eigenvalue weighted by atomic mass is 9.97. The Morgan fingerprint density at radius 1 is 1.11 bits per heavy atom. The molecule has 1 aliphatic heterocycles. The highest BCUT2D eigenvalue weighted by molar-refractivity contribution is 5.50. The number of morpholine rings is 1. The van der Waals surface area contributed by atoms with Crippen LogP contribution in [0.4, 0.5) is 5.69 Å². The number of ether oxygens (including phenoxy) is 1. The molecule has 150 valence electrons. The average molecular weight is 381 g/mol. The van der Waals surface area contributed by atoms with E-state index in [4.69, 9.17) is 4.74 Å². The van der Waals surface area contributed by atoms with Crippen molar-refractivity contribution in [2.24, 2.45) is 0 Å². The van der Waals surface area contributed by atoms with Crippen molar-refractivity contribution in [2.75, 3.05) is 18.0 Å². The van der Waals surface area contributed by atoms with E-state index in [9.17, 15) is 0 Å². The van der Waals surface area contributed by atoms with E-state index in [1.54, 1.807) is 6.20 Å². The van der Waals surface area contributed by atoms with Gasteiger partial charge in [-0.3, -0.25) is 0 Å². The van der Waals surface area contributed by atoms with Crippen molar-refractivity contribution in [1.82, 2.24) is 14.6 Å². The highest BCUT2D eigenvalue weighted by Crippen LogP contribution is 2.27. The van der Waals surface area contributed by atoms with Gasteiger partial charge in [-0.15, -0.1) is 0 Å². The lowest BCUT2D eigenvalue weighted by molar-refractivity contribution is -0.00521. The van der Waals surface area contributed by atoms with Crippen molar-refractivity contribution in [3.63, 3.8) is 0 Å². The number of nitrogens with zero attached hydrogens (tertiary/aromatic N) is 4. The first-order chi connectivity index (χ1) is 13.5. The number of aromatic nitrogens is 3. The topological polar surface area (TPSA) is 42.7 Å². The molecule has 3 heterocycles. The van der Waals surface area contributed by atoms with Crippen molar-refractivity contribution in [2.45, 2.75) is 59.2 Å². The van der Waals surface area contributed by atoms with Crippen LogP contribution in [0.3, 0.4) is 0 Å². The Morgan fingerprint density at radius 2 is 1.75 bits per heavy atom. The van der Waals surface area contributed by atoms with Crippen molar-refractivity contribution in [3.8, 4) is 0 Å². The van der Waals surface area contributed by atoms with Gasteiger partial charge in [-0.25, -0.2) is 9.50 Å². The number of rotatable bonds is 3. The second kappa shape index (κ2) is 9.20.